The molecule has 2 rings (SSSR count). The van der Waals surface area contributed by atoms with Crippen LogP contribution in [-0.2, 0) is 6.61 Å². The molecule has 0 aliphatic rings. The van der Waals surface area contributed by atoms with Crippen molar-refractivity contribution in [1.29, 1.82) is 0 Å². The minimum atomic E-state index is 0.483. The fourth-order valence-electron chi connectivity index (χ4n) is 1.43. The van der Waals surface area contributed by atoms with Crippen molar-refractivity contribution in [2.45, 2.75) is 6.61 Å². The third-order valence-electron chi connectivity index (χ3n) is 2.28. The number of nitrogens with zero attached hydrogens (tertiary/aromatic N) is 2. The summed E-state index contributed by atoms with van der Waals surface area (Å²) in [5, 5.41) is 11.5. The van der Waals surface area contributed by atoms with Crippen molar-refractivity contribution in [2.24, 2.45) is 5.16 Å². The zero-order chi connectivity index (χ0) is 12.8. The molecular weight excluding hydrogens is 343 g/mol. The van der Waals surface area contributed by atoms with Gasteiger partial charge in [-0.25, -0.2) is 0 Å². The molecule has 0 radical (unpaired) electrons. The van der Waals surface area contributed by atoms with E-state index in [2.05, 4.69) is 32.7 Å². The highest BCUT2D eigenvalue weighted by atomic mass is 127. The van der Waals surface area contributed by atoms with Crippen LogP contribution in [-0.4, -0.2) is 16.4 Å². The van der Waals surface area contributed by atoms with Gasteiger partial charge >= 0.3 is 0 Å². The lowest BCUT2D eigenvalue weighted by Crippen LogP contribution is -1.98. The van der Waals surface area contributed by atoms with Crippen LogP contribution in [0, 0.1) is 3.57 Å². The van der Waals surface area contributed by atoms with Crippen molar-refractivity contribution in [1.82, 2.24) is 4.98 Å². The minimum absolute atomic E-state index is 0.483. The molecule has 1 aromatic carbocycles. The van der Waals surface area contributed by atoms with E-state index < -0.39 is 0 Å². The third-order valence-corrected chi connectivity index (χ3v) is 3.12. The lowest BCUT2D eigenvalue weighted by Gasteiger charge is -2.08. The normalized spacial score (nSPS) is 10.7. The molecule has 0 spiro atoms. The smallest absolute Gasteiger partial charge is 0.133 e. The SMILES string of the molecule is O/N=C\c1ccc(OCc2cccnc2)c(I)c1. The Morgan fingerprint density at radius 1 is 1.39 bits per heavy atom. The molecule has 1 N–H and O–H groups in total. The number of halogens is 1. The summed E-state index contributed by atoms with van der Waals surface area (Å²) in [5.74, 6) is 0.801. The van der Waals surface area contributed by atoms with E-state index >= 15 is 0 Å². The Balaban J connectivity index is 2.06. The topological polar surface area (TPSA) is 54.7 Å². The Hall–Kier alpha value is -1.63. The second-order valence-electron chi connectivity index (χ2n) is 3.58. The second kappa shape index (κ2) is 6.34. The Morgan fingerprint density at radius 2 is 2.28 bits per heavy atom. The summed E-state index contributed by atoms with van der Waals surface area (Å²) in [6.45, 7) is 0.483. The zero-order valence-corrected chi connectivity index (χ0v) is 11.6. The minimum Gasteiger partial charge on any atom is -0.488 e. The van der Waals surface area contributed by atoms with E-state index in [0.717, 1.165) is 20.4 Å². The molecule has 0 saturated heterocycles. The van der Waals surface area contributed by atoms with Crippen LogP contribution in [0.4, 0.5) is 0 Å². The van der Waals surface area contributed by atoms with Gasteiger partial charge in [0.1, 0.15) is 12.4 Å². The Kier molecular flexibility index (Phi) is 4.52. The zero-order valence-electron chi connectivity index (χ0n) is 9.45. The molecule has 0 saturated carbocycles. The van der Waals surface area contributed by atoms with E-state index in [9.17, 15) is 0 Å². The van der Waals surface area contributed by atoms with E-state index in [-0.39, 0.29) is 0 Å². The van der Waals surface area contributed by atoms with E-state index in [1.165, 1.54) is 6.21 Å². The average molecular weight is 354 g/mol. The van der Waals surface area contributed by atoms with Crippen molar-refractivity contribution < 1.29 is 9.94 Å². The van der Waals surface area contributed by atoms with Gasteiger partial charge in [0.2, 0.25) is 0 Å². The first kappa shape index (κ1) is 12.8. The standard InChI is InChI=1S/C13H11IN2O2/c14-12-6-10(8-16-17)3-4-13(12)18-9-11-2-1-5-15-7-11/h1-8,17H,9H2/b16-8-. The van der Waals surface area contributed by atoms with E-state index in [1.807, 2.05) is 30.3 Å². The molecule has 2 aromatic rings. The molecular formula is C13H11IN2O2. The summed E-state index contributed by atoms with van der Waals surface area (Å²) < 4.78 is 6.67. The molecule has 1 aromatic heterocycles. The largest absolute Gasteiger partial charge is 0.488 e. The predicted octanol–water partition coefficient (Wildman–Crippen LogP) is 3.07. The van der Waals surface area contributed by atoms with Crippen molar-refractivity contribution in [2.75, 3.05) is 0 Å². The van der Waals surface area contributed by atoms with Crippen molar-refractivity contribution in [3.63, 3.8) is 0 Å². The molecule has 5 heteroatoms. The first-order valence-corrected chi connectivity index (χ1v) is 6.36. The number of hydrogen-bond acceptors (Lipinski definition) is 4. The summed E-state index contributed by atoms with van der Waals surface area (Å²) >= 11 is 2.18. The van der Waals surface area contributed by atoms with Gasteiger partial charge in [-0.1, -0.05) is 11.2 Å². The highest BCUT2D eigenvalue weighted by molar-refractivity contribution is 14.1. The second-order valence-corrected chi connectivity index (χ2v) is 4.75. The van der Waals surface area contributed by atoms with Gasteiger partial charge in [-0.2, -0.15) is 0 Å². The van der Waals surface area contributed by atoms with Gasteiger partial charge in [0.15, 0.2) is 0 Å². The number of pyridine rings is 1. The maximum atomic E-state index is 8.46. The van der Waals surface area contributed by atoms with Gasteiger partial charge < -0.3 is 9.94 Å². The Labute approximate surface area is 118 Å². The van der Waals surface area contributed by atoms with E-state index in [1.54, 1.807) is 12.4 Å². The number of ether oxygens (including phenoxy) is 1. The van der Waals surface area contributed by atoms with Crippen LogP contribution in [0.5, 0.6) is 5.75 Å². The summed E-state index contributed by atoms with van der Waals surface area (Å²) in [4.78, 5) is 4.03. The van der Waals surface area contributed by atoms with E-state index in [4.69, 9.17) is 9.94 Å². The maximum absolute atomic E-state index is 8.46. The first-order chi connectivity index (χ1) is 8.79. The number of hydrogen-bond donors (Lipinski definition) is 1. The molecule has 18 heavy (non-hydrogen) atoms. The highest BCUT2D eigenvalue weighted by Crippen LogP contribution is 2.22. The third kappa shape index (κ3) is 3.43. The van der Waals surface area contributed by atoms with Crippen LogP contribution in [0.15, 0.2) is 47.9 Å². The molecule has 0 amide bonds. The predicted molar refractivity (Wildman–Crippen MR) is 77.1 cm³/mol. The van der Waals surface area contributed by atoms with Crippen molar-refractivity contribution >= 4 is 28.8 Å². The van der Waals surface area contributed by atoms with Gasteiger partial charge in [-0.05, 0) is 52.4 Å². The molecule has 0 atom stereocenters. The van der Waals surface area contributed by atoms with Gasteiger partial charge in [0, 0.05) is 18.0 Å². The fraction of sp³-hybridized carbons (Fsp3) is 0.0769. The van der Waals surface area contributed by atoms with Gasteiger partial charge in [0.05, 0.1) is 9.78 Å². The molecule has 1 heterocycles. The van der Waals surface area contributed by atoms with Gasteiger partial charge in [-0.3, -0.25) is 4.98 Å². The van der Waals surface area contributed by atoms with Crippen molar-refractivity contribution in [3.05, 3.63) is 57.4 Å². The molecule has 0 unspecified atom stereocenters. The summed E-state index contributed by atoms with van der Waals surface area (Å²) in [7, 11) is 0. The fourth-order valence-corrected chi connectivity index (χ4v) is 2.12. The molecule has 0 bridgehead atoms. The number of benzene rings is 1. The quantitative estimate of drug-likeness (QED) is 0.397. The maximum Gasteiger partial charge on any atom is 0.133 e. The van der Waals surface area contributed by atoms with Crippen LogP contribution in [0.1, 0.15) is 11.1 Å². The average Bonchev–Trinajstić information content (AvgIpc) is 2.39. The first-order valence-electron chi connectivity index (χ1n) is 5.28. The lowest BCUT2D eigenvalue weighted by atomic mass is 10.2. The number of aromatic nitrogens is 1. The van der Waals surface area contributed by atoms with Gasteiger partial charge in [-0.15, -0.1) is 0 Å². The number of oxime groups is 1. The molecule has 0 aliphatic carbocycles. The van der Waals surface area contributed by atoms with E-state index in [0.29, 0.717) is 6.61 Å². The summed E-state index contributed by atoms with van der Waals surface area (Å²) in [6.07, 6.45) is 4.89. The summed E-state index contributed by atoms with van der Waals surface area (Å²) in [5.41, 5.74) is 1.85. The summed E-state index contributed by atoms with van der Waals surface area (Å²) in [6, 6.07) is 9.42. The van der Waals surface area contributed by atoms with Crippen LogP contribution >= 0.6 is 22.6 Å². The van der Waals surface area contributed by atoms with Crippen LogP contribution < -0.4 is 4.74 Å². The monoisotopic (exact) mass is 354 g/mol. The molecule has 0 aliphatic heterocycles. The van der Waals surface area contributed by atoms with Crippen LogP contribution in [0.3, 0.4) is 0 Å². The van der Waals surface area contributed by atoms with Gasteiger partial charge in [0.25, 0.3) is 0 Å². The highest BCUT2D eigenvalue weighted by Gasteiger charge is 2.02. The molecule has 92 valence electrons. The number of rotatable bonds is 4. The van der Waals surface area contributed by atoms with Crippen LogP contribution in [0.2, 0.25) is 0 Å². The Morgan fingerprint density at radius 3 is 2.94 bits per heavy atom. The van der Waals surface area contributed by atoms with Crippen molar-refractivity contribution in [3.8, 4) is 5.75 Å². The Bertz CT molecular complexity index is 544. The van der Waals surface area contributed by atoms with Crippen LogP contribution in [0.25, 0.3) is 0 Å². The lowest BCUT2D eigenvalue weighted by molar-refractivity contribution is 0.303. The molecule has 4 nitrogen and oxygen atoms in total. The molecule has 0 fully saturated rings.